The van der Waals surface area contributed by atoms with Crippen LogP contribution in [0.2, 0.25) is 0 Å². The number of aliphatic carboxylic acids is 1. The van der Waals surface area contributed by atoms with Gasteiger partial charge in [0.15, 0.2) is 0 Å². The molecular weight excluding hydrogens is 338 g/mol. The number of benzene rings is 1. The maximum absolute atomic E-state index is 11.9. The lowest BCUT2D eigenvalue weighted by molar-refractivity contribution is -0.141. The van der Waals surface area contributed by atoms with E-state index in [4.69, 9.17) is 10.4 Å². The Morgan fingerprint density at radius 2 is 2.00 bits per heavy atom. The lowest BCUT2D eigenvalue weighted by Crippen LogP contribution is -2.50. The molecule has 112 valence electrons. The van der Waals surface area contributed by atoms with Gasteiger partial charge >= 0.3 is 12.0 Å². The van der Waals surface area contributed by atoms with Crippen molar-refractivity contribution in [2.24, 2.45) is 5.41 Å². The second kappa shape index (κ2) is 6.59. The number of rotatable bonds is 3. The van der Waals surface area contributed by atoms with Crippen molar-refractivity contribution in [3.05, 3.63) is 28.2 Å². The van der Waals surface area contributed by atoms with Gasteiger partial charge in [-0.1, -0.05) is 36.7 Å². The number of halogens is 1. The lowest BCUT2D eigenvalue weighted by atomic mass is 9.87. The second-order valence-electron chi connectivity index (χ2n) is 5.54. The van der Waals surface area contributed by atoms with E-state index in [-0.39, 0.29) is 5.56 Å². The van der Waals surface area contributed by atoms with Crippen molar-refractivity contribution in [1.82, 2.24) is 5.32 Å². The number of hydrogen-bond donors (Lipinski definition) is 3. The molecule has 3 N–H and O–H groups in total. The highest BCUT2D eigenvalue weighted by Crippen LogP contribution is 2.22. The minimum absolute atomic E-state index is 0.288. The zero-order valence-electron chi connectivity index (χ0n) is 11.9. The summed E-state index contributed by atoms with van der Waals surface area (Å²) in [6.07, 6.45) is 0. The van der Waals surface area contributed by atoms with Gasteiger partial charge in [0.2, 0.25) is 0 Å². The van der Waals surface area contributed by atoms with Crippen LogP contribution in [0.25, 0.3) is 0 Å². The number of nitrogens with one attached hydrogen (secondary N) is 2. The Morgan fingerprint density at radius 1 is 1.38 bits per heavy atom. The Labute approximate surface area is 131 Å². The van der Waals surface area contributed by atoms with Gasteiger partial charge in [-0.15, -0.1) is 0 Å². The number of carbonyl (C=O) groups is 2. The van der Waals surface area contributed by atoms with Crippen molar-refractivity contribution in [3.63, 3.8) is 0 Å². The summed E-state index contributed by atoms with van der Waals surface area (Å²) in [5.41, 5.74) is -0.0446. The molecule has 1 atom stereocenters. The van der Waals surface area contributed by atoms with E-state index in [1.54, 1.807) is 39.0 Å². The molecule has 1 aromatic carbocycles. The number of nitrogens with zero attached hydrogens (tertiary/aromatic N) is 1. The number of carboxylic acid groups (broad SMARTS) is 1. The maximum atomic E-state index is 11.9. The largest absolute Gasteiger partial charge is 0.480 e. The average Bonchev–Trinajstić information content (AvgIpc) is 2.34. The molecule has 0 aliphatic carbocycles. The van der Waals surface area contributed by atoms with Gasteiger partial charge in [0.05, 0.1) is 11.3 Å². The van der Waals surface area contributed by atoms with Gasteiger partial charge in [-0.05, 0) is 23.6 Å². The highest BCUT2D eigenvalue weighted by molar-refractivity contribution is 9.10. The topological polar surface area (TPSA) is 102 Å². The Bertz CT molecular complexity index is 602. The molecule has 0 fully saturated rings. The third-order valence-corrected chi connectivity index (χ3v) is 3.23. The predicted molar refractivity (Wildman–Crippen MR) is 81.9 cm³/mol. The maximum Gasteiger partial charge on any atom is 0.326 e. The van der Waals surface area contributed by atoms with E-state index in [9.17, 15) is 9.59 Å². The van der Waals surface area contributed by atoms with Crippen LogP contribution in [-0.2, 0) is 4.79 Å². The van der Waals surface area contributed by atoms with Crippen LogP contribution in [0.4, 0.5) is 10.5 Å². The lowest BCUT2D eigenvalue weighted by Gasteiger charge is -2.27. The van der Waals surface area contributed by atoms with E-state index in [0.717, 1.165) is 0 Å². The molecule has 2 amide bonds. The van der Waals surface area contributed by atoms with Gasteiger partial charge in [-0.25, -0.2) is 9.59 Å². The molecule has 0 aliphatic heterocycles. The summed E-state index contributed by atoms with van der Waals surface area (Å²) in [7, 11) is 0. The van der Waals surface area contributed by atoms with Crippen molar-refractivity contribution in [3.8, 4) is 6.07 Å². The standard InChI is InChI=1S/C14H16BrN3O3/c1-14(2,3)11(12(19)20)18-13(21)17-10-6-9(15)5-4-8(10)7-16/h4-6,11H,1-3H3,(H,19,20)(H2,17,18,21). The molecule has 0 saturated heterocycles. The predicted octanol–water partition coefficient (Wildman–Crippen LogP) is 2.94. The summed E-state index contributed by atoms with van der Waals surface area (Å²) in [4.78, 5) is 23.2. The number of carboxylic acids is 1. The Morgan fingerprint density at radius 3 is 2.48 bits per heavy atom. The Hall–Kier alpha value is -2.07. The highest BCUT2D eigenvalue weighted by Gasteiger charge is 2.32. The summed E-state index contributed by atoms with van der Waals surface area (Å²) in [5.74, 6) is -1.12. The van der Waals surface area contributed by atoms with Crippen molar-refractivity contribution < 1.29 is 14.7 Å². The number of anilines is 1. The first-order valence-corrected chi connectivity index (χ1v) is 6.94. The van der Waals surface area contributed by atoms with Gasteiger partial charge in [-0.3, -0.25) is 0 Å². The van der Waals surface area contributed by atoms with E-state index >= 15 is 0 Å². The van der Waals surface area contributed by atoms with Crippen LogP contribution in [0.15, 0.2) is 22.7 Å². The quantitative estimate of drug-likeness (QED) is 0.777. The van der Waals surface area contributed by atoms with Gasteiger partial charge in [-0.2, -0.15) is 5.26 Å². The summed E-state index contributed by atoms with van der Waals surface area (Å²) < 4.78 is 0.697. The van der Waals surface area contributed by atoms with Gasteiger partial charge in [0, 0.05) is 4.47 Å². The average molecular weight is 354 g/mol. The summed E-state index contributed by atoms with van der Waals surface area (Å²) in [6.45, 7) is 5.14. The van der Waals surface area contributed by atoms with Crippen LogP contribution < -0.4 is 10.6 Å². The van der Waals surface area contributed by atoms with Crippen molar-refractivity contribution >= 4 is 33.6 Å². The summed E-state index contributed by atoms with van der Waals surface area (Å²) in [5, 5.41) is 23.1. The minimum atomic E-state index is -1.12. The monoisotopic (exact) mass is 353 g/mol. The first-order valence-electron chi connectivity index (χ1n) is 6.15. The van der Waals surface area contributed by atoms with E-state index in [1.165, 1.54) is 0 Å². The zero-order valence-corrected chi connectivity index (χ0v) is 13.5. The first kappa shape index (κ1) is 17.0. The summed E-state index contributed by atoms with van der Waals surface area (Å²) in [6, 6.07) is 5.04. The molecule has 0 heterocycles. The molecular formula is C14H16BrN3O3. The van der Waals surface area contributed by atoms with E-state index in [1.807, 2.05) is 6.07 Å². The van der Waals surface area contributed by atoms with E-state index in [0.29, 0.717) is 10.2 Å². The second-order valence-corrected chi connectivity index (χ2v) is 6.45. The number of carbonyl (C=O) groups excluding carboxylic acids is 1. The smallest absolute Gasteiger partial charge is 0.326 e. The fraction of sp³-hybridized carbons (Fsp3) is 0.357. The van der Waals surface area contributed by atoms with Crippen molar-refractivity contribution in [1.29, 1.82) is 5.26 Å². The molecule has 0 saturated carbocycles. The van der Waals surface area contributed by atoms with Crippen LogP contribution in [0.1, 0.15) is 26.3 Å². The van der Waals surface area contributed by atoms with E-state index in [2.05, 4.69) is 26.6 Å². The van der Waals surface area contributed by atoms with Crippen LogP contribution in [0.5, 0.6) is 0 Å². The Kier molecular flexibility index (Phi) is 5.33. The Balaban J connectivity index is 2.90. The molecule has 21 heavy (non-hydrogen) atoms. The van der Waals surface area contributed by atoms with Gasteiger partial charge in [0.25, 0.3) is 0 Å². The number of urea groups is 1. The van der Waals surface area contributed by atoms with Crippen molar-refractivity contribution in [2.75, 3.05) is 5.32 Å². The van der Waals surface area contributed by atoms with Crippen LogP contribution in [-0.4, -0.2) is 23.1 Å². The minimum Gasteiger partial charge on any atom is -0.480 e. The number of nitriles is 1. The molecule has 1 aromatic rings. The highest BCUT2D eigenvalue weighted by atomic mass is 79.9. The van der Waals surface area contributed by atoms with Crippen LogP contribution in [0, 0.1) is 16.7 Å². The van der Waals surface area contributed by atoms with Crippen molar-refractivity contribution in [2.45, 2.75) is 26.8 Å². The summed E-state index contributed by atoms with van der Waals surface area (Å²) >= 11 is 3.25. The third-order valence-electron chi connectivity index (χ3n) is 2.74. The molecule has 7 heteroatoms. The third kappa shape index (κ3) is 4.76. The van der Waals surface area contributed by atoms with Crippen LogP contribution >= 0.6 is 15.9 Å². The molecule has 0 radical (unpaired) electrons. The zero-order chi connectivity index (χ0) is 16.2. The van der Waals surface area contributed by atoms with Gasteiger partial charge < -0.3 is 15.7 Å². The van der Waals surface area contributed by atoms with E-state index < -0.39 is 23.5 Å². The van der Waals surface area contributed by atoms with Crippen LogP contribution in [0.3, 0.4) is 0 Å². The number of hydrogen-bond acceptors (Lipinski definition) is 3. The molecule has 0 spiro atoms. The number of amides is 2. The van der Waals surface area contributed by atoms with Gasteiger partial charge in [0.1, 0.15) is 12.1 Å². The normalized spacial score (nSPS) is 12.1. The molecule has 6 nitrogen and oxygen atoms in total. The molecule has 0 bridgehead atoms. The molecule has 0 aromatic heterocycles. The molecule has 1 unspecified atom stereocenters. The molecule has 0 aliphatic rings. The SMILES string of the molecule is CC(C)(C)C(NC(=O)Nc1cc(Br)ccc1C#N)C(=O)O. The fourth-order valence-corrected chi connectivity index (χ4v) is 2.02. The first-order chi connectivity index (χ1) is 9.65. The fourth-order valence-electron chi connectivity index (χ4n) is 1.66. The molecule has 1 rings (SSSR count).